The van der Waals surface area contributed by atoms with Gasteiger partial charge in [0.2, 0.25) is 0 Å². The van der Waals surface area contributed by atoms with Crippen molar-refractivity contribution in [3.05, 3.63) is 270 Å². The Morgan fingerprint density at radius 2 is 0.791 bits per heavy atom. The van der Waals surface area contributed by atoms with Crippen LogP contribution in [-0.4, -0.2) is 0 Å². The third kappa shape index (κ3) is 5.14. The third-order valence-corrected chi connectivity index (χ3v) is 15.5. The Kier molecular flexibility index (Phi) is 8.02. The lowest BCUT2D eigenvalue weighted by Gasteiger charge is -2.36. The molecular weight excluding hydrogens is 807 g/mol. The Bertz CT molecular complexity index is 3770. The first kappa shape index (κ1) is 38.1. The molecule has 1 heteroatoms. The Morgan fingerprint density at radius 3 is 1.48 bits per heavy atom. The van der Waals surface area contributed by atoms with Crippen LogP contribution in [0, 0.1) is 0 Å². The van der Waals surface area contributed by atoms with Gasteiger partial charge in [-0.2, -0.15) is 0 Å². The summed E-state index contributed by atoms with van der Waals surface area (Å²) in [5.74, 6) is 0. The van der Waals surface area contributed by atoms with Crippen LogP contribution in [0.25, 0.3) is 77.2 Å². The van der Waals surface area contributed by atoms with Crippen LogP contribution in [-0.2, 0) is 10.8 Å². The fourth-order valence-electron chi connectivity index (χ4n) is 12.7. The Morgan fingerprint density at radius 1 is 0.313 bits per heavy atom. The van der Waals surface area contributed by atoms with E-state index in [4.69, 9.17) is 0 Å². The first-order valence-electron chi connectivity index (χ1n) is 23.6. The fourth-order valence-corrected chi connectivity index (χ4v) is 12.7. The minimum atomic E-state index is -0.535. The Balaban J connectivity index is 1.07. The van der Waals surface area contributed by atoms with Crippen molar-refractivity contribution in [3.8, 4) is 55.6 Å². The minimum absolute atomic E-state index is 0.204. The second-order valence-electron chi connectivity index (χ2n) is 19.1. The number of hydrogen-bond acceptors (Lipinski definition) is 1. The molecule has 3 aliphatic carbocycles. The van der Waals surface area contributed by atoms with Gasteiger partial charge < -0.3 is 4.90 Å². The monoisotopic (exact) mass is 851 g/mol. The molecule has 3 aliphatic rings. The summed E-state index contributed by atoms with van der Waals surface area (Å²) in [4.78, 5) is 2.62. The quantitative estimate of drug-likeness (QED) is 0.167. The molecule has 11 aromatic carbocycles. The molecule has 14 rings (SSSR count). The molecule has 11 aromatic rings. The largest absolute Gasteiger partial charge is 0.310 e. The molecule has 0 aromatic heterocycles. The topological polar surface area (TPSA) is 3.24 Å². The number of benzene rings is 11. The summed E-state index contributed by atoms with van der Waals surface area (Å²) in [6.07, 6.45) is 0. The van der Waals surface area contributed by atoms with Gasteiger partial charge in [-0.15, -0.1) is 0 Å². The second kappa shape index (κ2) is 14.1. The average Bonchev–Trinajstić information content (AvgIpc) is 3.95. The number of rotatable bonds is 5. The molecule has 0 fully saturated rings. The van der Waals surface area contributed by atoms with E-state index >= 15 is 0 Å². The Labute approximate surface area is 391 Å². The van der Waals surface area contributed by atoms with Gasteiger partial charge in [0.15, 0.2) is 0 Å². The first-order valence-corrected chi connectivity index (χ1v) is 23.6. The van der Waals surface area contributed by atoms with E-state index in [-0.39, 0.29) is 5.41 Å². The molecule has 0 saturated carbocycles. The van der Waals surface area contributed by atoms with Crippen molar-refractivity contribution >= 4 is 38.6 Å². The van der Waals surface area contributed by atoms with Crippen LogP contribution in [0.5, 0.6) is 0 Å². The molecule has 67 heavy (non-hydrogen) atoms. The molecule has 0 aliphatic heterocycles. The number of nitrogens with zero attached hydrogens (tertiary/aromatic N) is 1. The summed E-state index contributed by atoms with van der Waals surface area (Å²) in [7, 11) is 0. The van der Waals surface area contributed by atoms with E-state index < -0.39 is 5.41 Å². The van der Waals surface area contributed by atoms with Gasteiger partial charge in [-0.25, -0.2) is 0 Å². The van der Waals surface area contributed by atoms with Gasteiger partial charge in [0.05, 0.1) is 16.8 Å². The van der Waals surface area contributed by atoms with Gasteiger partial charge in [0.25, 0.3) is 0 Å². The van der Waals surface area contributed by atoms with Crippen LogP contribution in [0.1, 0.15) is 47.2 Å². The summed E-state index contributed by atoms with van der Waals surface area (Å²) in [5.41, 5.74) is 23.5. The number of fused-ring (bicyclic) bond motifs is 16. The van der Waals surface area contributed by atoms with Crippen molar-refractivity contribution in [3.63, 3.8) is 0 Å². The molecule has 0 N–H and O–H groups in total. The van der Waals surface area contributed by atoms with Gasteiger partial charge in [-0.1, -0.05) is 226 Å². The molecule has 0 radical (unpaired) electrons. The van der Waals surface area contributed by atoms with Crippen molar-refractivity contribution in [2.24, 2.45) is 0 Å². The summed E-state index contributed by atoms with van der Waals surface area (Å²) in [6.45, 7) is 4.81. The first-order chi connectivity index (χ1) is 33.0. The normalized spacial score (nSPS) is 14.1. The highest BCUT2D eigenvalue weighted by atomic mass is 15.2. The van der Waals surface area contributed by atoms with Crippen molar-refractivity contribution in [2.75, 3.05) is 4.90 Å². The van der Waals surface area contributed by atoms with E-state index in [1.807, 2.05) is 0 Å². The predicted octanol–water partition coefficient (Wildman–Crippen LogP) is 17.4. The third-order valence-electron chi connectivity index (χ3n) is 15.5. The number of hydrogen-bond donors (Lipinski definition) is 0. The molecular formula is C66H45N. The minimum Gasteiger partial charge on any atom is -0.310 e. The van der Waals surface area contributed by atoms with Crippen LogP contribution >= 0.6 is 0 Å². The van der Waals surface area contributed by atoms with Gasteiger partial charge in [-0.05, 0) is 124 Å². The molecule has 0 saturated heterocycles. The van der Waals surface area contributed by atoms with E-state index in [2.05, 4.69) is 255 Å². The Hall–Kier alpha value is -8.26. The molecule has 1 spiro atoms. The zero-order chi connectivity index (χ0) is 44.4. The lowest BCUT2D eigenvalue weighted by atomic mass is 9.70. The smallest absolute Gasteiger partial charge is 0.0746 e. The van der Waals surface area contributed by atoms with E-state index in [9.17, 15) is 0 Å². The van der Waals surface area contributed by atoms with Gasteiger partial charge in [-0.3, -0.25) is 0 Å². The van der Waals surface area contributed by atoms with Crippen LogP contribution < -0.4 is 4.90 Å². The maximum atomic E-state index is 2.62. The SMILES string of the molecule is CC1(C)c2cccc(N(c3ccc(-c4cccc5cccc(-c6ccccc6)c45)cc3)c3cccc4c3C3(c5ccccc5-c5ccccc53)c3ccccc3-4)c2-c2c1ccc1ccccc21. The summed E-state index contributed by atoms with van der Waals surface area (Å²) < 4.78 is 0. The fraction of sp³-hybridized carbons (Fsp3) is 0.0606. The molecule has 314 valence electrons. The molecule has 0 heterocycles. The van der Waals surface area contributed by atoms with Crippen molar-refractivity contribution in [2.45, 2.75) is 24.7 Å². The zero-order valence-corrected chi connectivity index (χ0v) is 37.5. The molecule has 0 atom stereocenters. The summed E-state index contributed by atoms with van der Waals surface area (Å²) in [6, 6.07) is 88.8. The summed E-state index contributed by atoms with van der Waals surface area (Å²) >= 11 is 0. The lowest BCUT2D eigenvalue weighted by Crippen LogP contribution is -2.28. The highest BCUT2D eigenvalue weighted by molar-refractivity contribution is 6.09. The number of anilines is 3. The van der Waals surface area contributed by atoms with Gasteiger partial charge >= 0.3 is 0 Å². The molecule has 0 amide bonds. The highest BCUT2D eigenvalue weighted by Crippen LogP contribution is 2.66. The molecule has 0 bridgehead atoms. The highest BCUT2D eigenvalue weighted by Gasteiger charge is 2.53. The summed E-state index contributed by atoms with van der Waals surface area (Å²) in [5, 5.41) is 5.06. The van der Waals surface area contributed by atoms with Crippen LogP contribution in [0.2, 0.25) is 0 Å². The van der Waals surface area contributed by atoms with Gasteiger partial charge in [0, 0.05) is 22.2 Å². The van der Waals surface area contributed by atoms with E-state index in [0.717, 1.165) is 5.69 Å². The standard InChI is InChI=1S/C66H45N/c1-65(2)57-33-17-34-59(63(57)62-49-23-7-6-20-43(49)38-41-58(62)65)67(46-39-36-44(37-40-46)48-28-15-22-45-21-14-27-47(61(45)48)42-18-4-3-5-19-42)60-35-16-29-53-52-26-10-13-32-56(52)66(64(53)60)54-30-11-8-24-50(54)51-25-9-12-31-55(51)66/h3-41H,1-2H3. The zero-order valence-electron chi connectivity index (χ0n) is 37.5. The van der Waals surface area contributed by atoms with Crippen LogP contribution in [0.4, 0.5) is 17.1 Å². The van der Waals surface area contributed by atoms with Crippen molar-refractivity contribution < 1.29 is 0 Å². The van der Waals surface area contributed by atoms with E-state index in [1.165, 1.54) is 122 Å². The van der Waals surface area contributed by atoms with Crippen molar-refractivity contribution in [1.82, 2.24) is 0 Å². The average molecular weight is 852 g/mol. The maximum absolute atomic E-state index is 2.62. The van der Waals surface area contributed by atoms with Gasteiger partial charge in [0.1, 0.15) is 0 Å². The second-order valence-corrected chi connectivity index (χ2v) is 19.1. The molecule has 1 nitrogen and oxygen atoms in total. The van der Waals surface area contributed by atoms with E-state index in [0.29, 0.717) is 0 Å². The molecule has 0 unspecified atom stereocenters. The van der Waals surface area contributed by atoms with E-state index in [1.54, 1.807) is 0 Å². The van der Waals surface area contributed by atoms with Crippen molar-refractivity contribution in [1.29, 1.82) is 0 Å². The van der Waals surface area contributed by atoms with Crippen LogP contribution in [0.3, 0.4) is 0 Å². The maximum Gasteiger partial charge on any atom is 0.0746 e. The lowest BCUT2D eigenvalue weighted by molar-refractivity contribution is 0.661. The van der Waals surface area contributed by atoms with Crippen LogP contribution in [0.15, 0.2) is 237 Å². The predicted molar refractivity (Wildman–Crippen MR) is 281 cm³/mol.